The third-order valence-corrected chi connectivity index (χ3v) is 4.32. The predicted octanol–water partition coefficient (Wildman–Crippen LogP) is 3.40. The van der Waals surface area contributed by atoms with E-state index in [2.05, 4.69) is 25.2 Å². The lowest BCUT2D eigenvalue weighted by Gasteiger charge is -2.12. The highest BCUT2D eigenvalue weighted by Gasteiger charge is 2.32. The fourth-order valence-corrected chi connectivity index (χ4v) is 2.87. The van der Waals surface area contributed by atoms with E-state index in [0.29, 0.717) is 12.2 Å². The van der Waals surface area contributed by atoms with E-state index < -0.39 is 0 Å². The maximum Gasteiger partial charge on any atom is 0.329 e. The third kappa shape index (κ3) is 2.73. The van der Waals surface area contributed by atoms with Crippen molar-refractivity contribution in [3.05, 3.63) is 59.0 Å². The Morgan fingerprint density at radius 1 is 1.12 bits per heavy atom. The molecule has 2 heterocycles. The van der Waals surface area contributed by atoms with Crippen LogP contribution in [0.3, 0.4) is 0 Å². The number of benzene rings is 1. The summed E-state index contributed by atoms with van der Waals surface area (Å²) in [6.07, 6.45) is 4.43. The van der Waals surface area contributed by atoms with Crippen molar-refractivity contribution in [2.75, 3.05) is 6.54 Å². The minimum Gasteiger partial charge on any atom is -0.317 e. The zero-order valence-corrected chi connectivity index (χ0v) is 14.2. The number of hydrogen-bond acceptors (Lipinski definition) is 2. The molecule has 1 aromatic carbocycles. The number of urea groups is 1. The number of imide groups is 1. The minimum atomic E-state index is -0.349. The van der Waals surface area contributed by atoms with Gasteiger partial charge < -0.3 is 9.88 Å². The molecule has 1 aliphatic rings. The zero-order valence-electron chi connectivity index (χ0n) is 14.2. The number of amides is 3. The van der Waals surface area contributed by atoms with Crippen molar-refractivity contribution < 1.29 is 9.59 Å². The topological polar surface area (TPSA) is 54.3 Å². The first-order valence-corrected chi connectivity index (χ1v) is 8.11. The van der Waals surface area contributed by atoms with Gasteiger partial charge in [-0.25, -0.2) is 4.79 Å². The number of aryl methyl sites for hydroxylation is 1. The Morgan fingerprint density at radius 2 is 1.92 bits per heavy atom. The molecule has 0 bridgehead atoms. The molecule has 0 unspecified atom stereocenters. The van der Waals surface area contributed by atoms with Gasteiger partial charge in [0, 0.05) is 24.1 Å². The van der Waals surface area contributed by atoms with Crippen LogP contribution in [0.4, 0.5) is 4.79 Å². The number of rotatable bonds is 4. The van der Waals surface area contributed by atoms with Crippen molar-refractivity contribution >= 4 is 18.0 Å². The summed E-state index contributed by atoms with van der Waals surface area (Å²) in [5.74, 6) is -0.268. The number of hydrogen-bond donors (Lipinski definition) is 1. The van der Waals surface area contributed by atoms with E-state index in [4.69, 9.17) is 0 Å². The molecule has 0 aliphatic carbocycles. The smallest absolute Gasteiger partial charge is 0.317 e. The molecule has 0 radical (unpaired) electrons. The standard InChI is InChI=1S/C19H21N3O2/c1-4-10-22-18(23)16(20-19(22)24)12-15-8-6-11-21(15)17-9-5-7-13(2)14(17)3/h5-9,11-12H,4,10H2,1-3H3,(H,20,24)/b16-12+. The van der Waals surface area contributed by atoms with Gasteiger partial charge in [0.1, 0.15) is 5.70 Å². The van der Waals surface area contributed by atoms with Crippen LogP contribution < -0.4 is 5.32 Å². The Labute approximate surface area is 141 Å². The monoisotopic (exact) mass is 323 g/mol. The Balaban J connectivity index is 1.99. The second-order valence-electron chi connectivity index (χ2n) is 5.97. The lowest BCUT2D eigenvalue weighted by Crippen LogP contribution is -2.31. The molecule has 0 saturated carbocycles. The second kappa shape index (κ2) is 6.35. The van der Waals surface area contributed by atoms with Crippen LogP contribution in [0, 0.1) is 13.8 Å². The van der Waals surface area contributed by atoms with E-state index in [1.165, 1.54) is 16.0 Å². The average molecular weight is 323 g/mol. The lowest BCUT2D eigenvalue weighted by molar-refractivity contribution is -0.122. The molecule has 0 atom stereocenters. The van der Waals surface area contributed by atoms with Gasteiger partial charge in [0.05, 0.1) is 0 Å². The summed E-state index contributed by atoms with van der Waals surface area (Å²) in [6, 6.07) is 9.64. The first-order valence-electron chi connectivity index (χ1n) is 8.11. The van der Waals surface area contributed by atoms with Crippen LogP contribution in [0.2, 0.25) is 0 Å². The molecule has 1 aromatic heterocycles. The molecule has 1 saturated heterocycles. The molecule has 2 aromatic rings. The van der Waals surface area contributed by atoms with Gasteiger partial charge in [0.25, 0.3) is 5.91 Å². The molecule has 1 aliphatic heterocycles. The van der Waals surface area contributed by atoms with E-state index in [-0.39, 0.29) is 11.9 Å². The van der Waals surface area contributed by atoms with Gasteiger partial charge in [-0.1, -0.05) is 19.1 Å². The van der Waals surface area contributed by atoms with Crippen LogP contribution >= 0.6 is 0 Å². The zero-order chi connectivity index (χ0) is 17.3. The van der Waals surface area contributed by atoms with Crippen molar-refractivity contribution in [2.45, 2.75) is 27.2 Å². The first kappa shape index (κ1) is 16.1. The number of aromatic nitrogens is 1. The van der Waals surface area contributed by atoms with Crippen molar-refractivity contribution in [3.8, 4) is 5.69 Å². The van der Waals surface area contributed by atoms with E-state index in [0.717, 1.165) is 17.8 Å². The highest BCUT2D eigenvalue weighted by Crippen LogP contribution is 2.22. The lowest BCUT2D eigenvalue weighted by atomic mass is 10.1. The number of nitrogens with zero attached hydrogens (tertiary/aromatic N) is 2. The summed E-state index contributed by atoms with van der Waals surface area (Å²) >= 11 is 0. The molecule has 124 valence electrons. The van der Waals surface area contributed by atoms with Crippen LogP contribution in [0.5, 0.6) is 0 Å². The highest BCUT2D eigenvalue weighted by atomic mass is 16.2. The van der Waals surface area contributed by atoms with Crippen LogP contribution in [0.1, 0.15) is 30.2 Å². The quantitative estimate of drug-likeness (QED) is 0.692. The molecular formula is C19H21N3O2. The van der Waals surface area contributed by atoms with Gasteiger partial charge in [-0.2, -0.15) is 0 Å². The Bertz CT molecular complexity index is 833. The van der Waals surface area contributed by atoms with Crippen LogP contribution in [0.25, 0.3) is 11.8 Å². The van der Waals surface area contributed by atoms with Crippen molar-refractivity contribution in [3.63, 3.8) is 0 Å². The largest absolute Gasteiger partial charge is 0.329 e. The molecule has 3 amide bonds. The first-order chi connectivity index (χ1) is 11.5. The van der Waals surface area contributed by atoms with Crippen molar-refractivity contribution in [1.82, 2.24) is 14.8 Å². The van der Waals surface area contributed by atoms with Gasteiger partial charge in [0.15, 0.2) is 0 Å². The Kier molecular flexibility index (Phi) is 4.25. The molecule has 5 nitrogen and oxygen atoms in total. The van der Waals surface area contributed by atoms with Gasteiger partial charge in [-0.15, -0.1) is 0 Å². The average Bonchev–Trinajstić information content (AvgIpc) is 3.11. The van der Waals surface area contributed by atoms with E-state index in [1.807, 2.05) is 42.0 Å². The number of carbonyl (C=O) groups excluding carboxylic acids is 2. The predicted molar refractivity (Wildman–Crippen MR) is 93.8 cm³/mol. The molecular weight excluding hydrogens is 302 g/mol. The summed E-state index contributed by atoms with van der Waals surface area (Å²) < 4.78 is 2.03. The van der Waals surface area contributed by atoms with Crippen LogP contribution in [0.15, 0.2) is 42.2 Å². The number of carbonyl (C=O) groups is 2. The van der Waals surface area contributed by atoms with Crippen LogP contribution in [-0.2, 0) is 4.79 Å². The normalized spacial score (nSPS) is 16.1. The summed E-state index contributed by atoms with van der Waals surface area (Å²) in [7, 11) is 0. The van der Waals surface area contributed by atoms with Crippen LogP contribution in [-0.4, -0.2) is 28.0 Å². The minimum absolute atomic E-state index is 0.268. The Hall–Kier alpha value is -2.82. The summed E-state index contributed by atoms with van der Waals surface area (Å²) in [4.78, 5) is 25.5. The van der Waals surface area contributed by atoms with Crippen molar-refractivity contribution in [1.29, 1.82) is 0 Å². The maximum atomic E-state index is 12.4. The highest BCUT2D eigenvalue weighted by molar-refractivity contribution is 6.13. The second-order valence-corrected chi connectivity index (χ2v) is 5.97. The van der Waals surface area contributed by atoms with E-state index in [9.17, 15) is 9.59 Å². The van der Waals surface area contributed by atoms with Gasteiger partial charge in [-0.05, 0) is 55.7 Å². The van der Waals surface area contributed by atoms with E-state index in [1.54, 1.807) is 6.08 Å². The van der Waals surface area contributed by atoms with Gasteiger partial charge in [-0.3, -0.25) is 9.69 Å². The molecule has 1 fully saturated rings. The van der Waals surface area contributed by atoms with Gasteiger partial charge in [0.2, 0.25) is 0 Å². The molecule has 0 spiro atoms. The van der Waals surface area contributed by atoms with Gasteiger partial charge >= 0.3 is 6.03 Å². The number of nitrogens with one attached hydrogen (secondary N) is 1. The molecule has 1 N–H and O–H groups in total. The summed E-state index contributed by atoms with van der Waals surface area (Å²) in [5, 5.41) is 2.67. The molecule has 3 rings (SSSR count). The summed E-state index contributed by atoms with van der Waals surface area (Å²) in [6.45, 7) is 6.52. The SMILES string of the molecule is CCCN1C(=O)N/C(=C/c2cccn2-c2cccc(C)c2C)C1=O. The molecule has 5 heteroatoms. The van der Waals surface area contributed by atoms with E-state index >= 15 is 0 Å². The fourth-order valence-electron chi connectivity index (χ4n) is 2.87. The Morgan fingerprint density at radius 3 is 2.67 bits per heavy atom. The third-order valence-electron chi connectivity index (χ3n) is 4.32. The van der Waals surface area contributed by atoms with Crippen molar-refractivity contribution in [2.24, 2.45) is 0 Å². The fraction of sp³-hybridized carbons (Fsp3) is 0.263. The molecule has 24 heavy (non-hydrogen) atoms. The summed E-state index contributed by atoms with van der Waals surface area (Å²) in [5.41, 5.74) is 4.63. The maximum absolute atomic E-state index is 12.4.